The fourth-order valence-electron chi connectivity index (χ4n) is 3.25. The number of aliphatic hydroxyl groups excluding tert-OH is 1. The third kappa shape index (κ3) is 7.10. The Balaban J connectivity index is 1.57. The molecule has 0 saturated carbocycles. The topological polar surface area (TPSA) is 140 Å². The average molecular weight is 480 g/mol. The smallest absolute Gasteiger partial charge is 0.268 e. The zero-order chi connectivity index (χ0) is 25.4. The van der Waals surface area contributed by atoms with Gasteiger partial charge in [0.2, 0.25) is 5.91 Å². The van der Waals surface area contributed by atoms with Crippen molar-refractivity contribution in [3.05, 3.63) is 84.2 Å². The van der Waals surface area contributed by atoms with Gasteiger partial charge < -0.3 is 21.1 Å². The van der Waals surface area contributed by atoms with Gasteiger partial charge in [-0.15, -0.1) is 0 Å². The van der Waals surface area contributed by atoms with Gasteiger partial charge in [0.1, 0.15) is 11.9 Å². The zero-order valence-corrected chi connectivity index (χ0v) is 18.8. The van der Waals surface area contributed by atoms with Gasteiger partial charge in [-0.3, -0.25) is 19.6 Å². The molecule has 9 nitrogen and oxygen atoms in total. The molecule has 0 aliphatic carbocycles. The van der Waals surface area contributed by atoms with Gasteiger partial charge in [-0.25, -0.2) is 9.87 Å². The average Bonchev–Trinajstić information content (AvgIpc) is 2.86. The summed E-state index contributed by atoms with van der Waals surface area (Å²) in [6, 6.07) is 18.2. The molecule has 2 atom stereocenters. The van der Waals surface area contributed by atoms with Crippen LogP contribution in [0, 0.1) is 5.82 Å². The molecule has 3 rings (SSSR count). The summed E-state index contributed by atoms with van der Waals surface area (Å²) < 4.78 is 13.2. The molecule has 35 heavy (non-hydrogen) atoms. The predicted octanol–water partition coefficient (Wildman–Crippen LogP) is 2.53. The Hall–Kier alpha value is -4.28. The summed E-state index contributed by atoms with van der Waals surface area (Å²) in [4.78, 5) is 36.1. The van der Waals surface area contributed by atoms with Gasteiger partial charge in [0, 0.05) is 16.9 Å². The second-order valence-corrected chi connectivity index (χ2v) is 7.73. The largest absolute Gasteiger partial charge is 0.391 e. The number of aliphatic hydroxyl groups is 1. The second kappa shape index (κ2) is 11.7. The number of carbonyl (C=O) groups excluding carboxylic acids is 3. The lowest BCUT2D eigenvalue weighted by Gasteiger charge is -2.19. The van der Waals surface area contributed by atoms with Gasteiger partial charge in [-0.2, -0.15) is 0 Å². The second-order valence-electron chi connectivity index (χ2n) is 7.73. The van der Waals surface area contributed by atoms with Crippen molar-refractivity contribution in [3.8, 4) is 11.1 Å². The Bertz CT molecular complexity index is 1180. The van der Waals surface area contributed by atoms with E-state index in [0.29, 0.717) is 11.4 Å². The van der Waals surface area contributed by atoms with Crippen LogP contribution in [0.1, 0.15) is 17.3 Å². The Labute approximate surface area is 200 Å². The molecule has 0 bridgehead atoms. The van der Waals surface area contributed by atoms with Crippen molar-refractivity contribution in [1.82, 2.24) is 10.8 Å². The maximum atomic E-state index is 13.2. The molecule has 3 aromatic carbocycles. The minimum Gasteiger partial charge on any atom is -0.391 e. The molecule has 0 heterocycles. The van der Waals surface area contributed by atoms with Crippen molar-refractivity contribution in [2.45, 2.75) is 19.1 Å². The first-order chi connectivity index (χ1) is 16.8. The van der Waals surface area contributed by atoms with Gasteiger partial charge in [0.25, 0.3) is 11.8 Å². The van der Waals surface area contributed by atoms with E-state index in [2.05, 4.69) is 16.0 Å². The zero-order valence-electron chi connectivity index (χ0n) is 18.8. The number of amides is 3. The Morgan fingerprint density at radius 1 is 0.914 bits per heavy atom. The quantitative estimate of drug-likeness (QED) is 0.206. The molecular weight excluding hydrogens is 455 g/mol. The molecule has 0 aliphatic heterocycles. The lowest BCUT2D eigenvalue weighted by Crippen LogP contribution is -2.51. The standard InChI is InChI=1S/C25H25FN4O5/c1-15(31)23(25(34)30-35)29-24(33)18-7-5-16(6-8-18)17-9-11-20(12-10-17)28-22(32)14-27-21-4-2-3-19(26)13-21/h2-13,15,23,27,31,35H,14H2,1H3,(H,28,32)(H,29,33)(H,30,34)/t15-,23+/m1/s1. The molecule has 3 aromatic rings. The first kappa shape index (κ1) is 25.3. The highest BCUT2D eigenvalue weighted by Crippen LogP contribution is 2.22. The predicted molar refractivity (Wildman–Crippen MR) is 128 cm³/mol. The molecule has 0 unspecified atom stereocenters. The summed E-state index contributed by atoms with van der Waals surface area (Å²) in [6.07, 6.45) is -1.21. The molecule has 0 fully saturated rings. The maximum Gasteiger partial charge on any atom is 0.268 e. The van der Waals surface area contributed by atoms with Crippen molar-refractivity contribution < 1.29 is 29.1 Å². The number of nitrogens with one attached hydrogen (secondary N) is 4. The summed E-state index contributed by atoms with van der Waals surface area (Å²) in [6.45, 7) is 1.29. The fraction of sp³-hybridized carbons (Fsp3) is 0.160. The van der Waals surface area contributed by atoms with Crippen LogP contribution in [0.3, 0.4) is 0 Å². The number of benzene rings is 3. The van der Waals surface area contributed by atoms with E-state index in [1.807, 2.05) is 0 Å². The van der Waals surface area contributed by atoms with Crippen LogP contribution in [0.5, 0.6) is 0 Å². The number of halogens is 1. The molecule has 0 saturated heterocycles. The normalized spacial score (nSPS) is 12.2. The van der Waals surface area contributed by atoms with Gasteiger partial charge in [0.05, 0.1) is 12.6 Å². The fourth-order valence-corrected chi connectivity index (χ4v) is 3.25. The highest BCUT2D eigenvalue weighted by molar-refractivity contribution is 5.98. The third-order valence-corrected chi connectivity index (χ3v) is 5.09. The highest BCUT2D eigenvalue weighted by Gasteiger charge is 2.25. The molecule has 0 aliphatic rings. The van der Waals surface area contributed by atoms with Gasteiger partial charge >= 0.3 is 0 Å². The third-order valence-electron chi connectivity index (χ3n) is 5.09. The number of rotatable bonds is 9. The molecule has 182 valence electrons. The Kier molecular flexibility index (Phi) is 8.49. The summed E-state index contributed by atoms with van der Waals surface area (Å²) >= 11 is 0. The van der Waals surface area contributed by atoms with Crippen LogP contribution in [0.25, 0.3) is 11.1 Å². The SMILES string of the molecule is C[C@@H](O)[C@H](NC(=O)c1ccc(-c2ccc(NC(=O)CNc3cccc(F)c3)cc2)cc1)C(=O)NO. The molecule has 3 amide bonds. The lowest BCUT2D eigenvalue weighted by molar-refractivity contribution is -0.133. The number of hydrogen-bond acceptors (Lipinski definition) is 6. The van der Waals surface area contributed by atoms with Gasteiger partial charge in [0.15, 0.2) is 0 Å². The summed E-state index contributed by atoms with van der Waals surface area (Å²) in [7, 11) is 0. The van der Waals surface area contributed by atoms with Crippen molar-refractivity contribution in [3.63, 3.8) is 0 Å². The summed E-state index contributed by atoms with van der Waals surface area (Å²) in [5.41, 5.74) is 4.42. The van der Waals surface area contributed by atoms with Crippen LogP contribution in [0.15, 0.2) is 72.8 Å². The first-order valence-electron chi connectivity index (χ1n) is 10.7. The van der Waals surface area contributed by atoms with E-state index in [4.69, 9.17) is 5.21 Å². The highest BCUT2D eigenvalue weighted by atomic mass is 19.1. The number of carbonyl (C=O) groups is 3. The van der Waals surface area contributed by atoms with E-state index in [1.165, 1.54) is 24.5 Å². The molecular formula is C25H25FN4O5. The van der Waals surface area contributed by atoms with Crippen LogP contribution >= 0.6 is 0 Å². The van der Waals surface area contributed by atoms with Gasteiger partial charge in [-0.05, 0) is 60.5 Å². The minimum atomic E-state index is -1.31. The van der Waals surface area contributed by atoms with Crippen LogP contribution in [0.2, 0.25) is 0 Å². The Morgan fingerprint density at radius 2 is 1.54 bits per heavy atom. The maximum absolute atomic E-state index is 13.2. The van der Waals surface area contributed by atoms with Crippen molar-refractivity contribution in [2.75, 3.05) is 17.2 Å². The van der Waals surface area contributed by atoms with E-state index >= 15 is 0 Å². The molecule has 0 aromatic heterocycles. The summed E-state index contributed by atoms with van der Waals surface area (Å²) in [5, 5.41) is 26.4. The van der Waals surface area contributed by atoms with Gasteiger partial charge in [-0.1, -0.05) is 30.3 Å². The Morgan fingerprint density at radius 3 is 2.11 bits per heavy atom. The van der Waals surface area contributed by atoms with Crippen molar-refractivity contribution >= 4 is 29.1 Å². The van der Waals surface area contributed by atoms with Crippen molar-refractivity contribution in [1.29, 1.82) is 0 Å². The number of hydroxylamine groups is 1. The van der Waals surface area contributed by atoms with Crippen molar-refractivity contribution in [2.24, 2.45) is 0 Å². The van der Waals surface area contributed by atoms with E-state index in [9.17, 15) is 23.9 Å². The molecule has 10 heteroatoms. The monoisotopic (exact) mass is 480 g/mol. The van der Waals surface area contributed by atoms with Crippen LogP contribution in [-0.2, 0) is 9.59 Å². The first-order valence-corrected chi connectivity index (χ1v) is 10.7. The molecule has 0 spiro atoms. The lowest BCUT2D eigenvalue weighted by atomic mass is 10.0. The molecule has 6 N–H and O–H groups in total. The van der Waals surface area contributed by atoms with Crippen LogP contribution < -0.4 is 21.4 Å². The number of hydrogen-bond donors (Lipinski definition) is 6. The summed E-state index contributed by atoms with van der Waals surface area (Å²) in [5.74, 6) is -2.20. The molecule has 0 radical (unpaired) electrons. The van der Waals surface area contributed by atoms with Crippen LogP contribution in [-0.4, -0.2) is 46.7 Å². The van der Waals surface area contributed by atoms with E-state index in [-0.39, 0.29) is 18.0 Å². The van der Waals surface area contributed by atoms with Crippen LogP contribution in [0.4, 0.5) is 15.8 Å². The minimum absolute atomic E-state index is 0.0232. The van der Waals surface area contributed by atoms with E-state index < -0.39 is 29.8 Å². The van der Waals surface area contributed by atoms with E-state index in [0.717, 1.165) is 11.1 Å². The van der Waals surface area contributed by atoms with E-state index in [1.54, 1.807) is 60.7 Å². The number of anilines is 2.